The SMILES string of the molecule is CC(C)C(N)=O.CCCCCCc1cc2cc(Cl)ccc2n1Cc1ccccc1N. The van der Waals surface area contributed by atoms with Crippen molar-refractivity contribution >= 4 is 34.1 Å². The predicted molar refractivity (Wildman–Crippen MR) is 129 cm³/mol. The number of anilines is 1. The molecule has 1 aromatic heterocycles. The van der Waals surface area contributed by atoms with Crippen LogP contribution < -0.4 is 11.5 Å². The normalized spacial score (nSPS) is 10.8. The van der Waals surface area contributed by atoms with Crippen LogP contribution in [-0.2, 0) is 17.8 Å². The summed E-state index contributed by atoms with van der Waals surface area (Å²) in [6.07, 6.45) is 6.17. The Morgan fingerprint density at radius 1 is 1.07 bits per heavy atom. The molecule has 0 bridgehead atoms. The Bertz CT molecular complexity index is 962. The van der Waals surface area contributed by atoms with Crippen molar-refractivity contribution in [3.8, 4) is 0 Å². The number of nitrogens with two attached hydrogens (primary N) is 2. The molecule has 0 radical (unpaired) electrons. The number of hydrogen-bond acceptors (Lipinski definition) is 2. The van der Waals surface area contributed by atoms with E-state index in [0.29, 0.717) is 0 Å². The summed E-state index contributed by atoms with van der Waals surface area (Å²) in [6.45, 7) is 6.59. The number of carbonyl (C=O) groups is 1. The van der Waals surface area contributed by atoms with Crippen molar-refractivity contribution in [2.24, 2.45) is 11.7 Å². The fourth-order valence-electron chi connectivity index (χ4n) is 3.27. The molecule has 0 saturated heterocycles. The molecule has 3 rings (SSSR count). The second kappa shape index (κ2) is 11.7. The van der Waals surface area contributed by atoms with Crippen molar-refractivity contribution < 1.29 is 4.79 Å². The van der Waals surface area contributed by atoms with E-state index in [4.69, 9.17) is 23.1 Å². The van der Waals surface area contributed by atoms with Crippen molar-refractivity contribution in [1.29, 1.82) is 0 Å². The van der Waals surface area contributed by atoms with Crippen LogP contribution in [0.25, 0.3) is 10.9 Å². The fraction of sp³-hybridized carbons (Fsp3) is 0.400. The summed E-state index contributed by atoms with van der Waals surface area (Å²) >= 11 is 6.18. The Hall–Kier alpha value is -2.46. The first-order valence-electron chi connectivity index (χ1n) is 10.7. The predicted octanol–water partition coefficient (Wildman–Crippen LogP) is 6.18. The van der Waals surface area contributed by atoms with E-state index in [1.54, 1.807) is 13.8 Å². The molecule has 1 heterocycles. The lowest BCUT2D eigenvalue weighted by atomic mass is 10.1. The van der Waals surface area contributed by atoms with Crippen molar-refractivity contribution in [2.75, 3.05) is 5.73 Å². The van der Waals surface area contributed by atoms with Crippen LogP contribution in [0, 0.1) is 5.92 Å². The summed E-state index contributed by atoms with van der Waals surface area (Å²) in [7, 11) is 0. The second-order valence-electron chi connectivity index (χ2n) is 7.99. The van der Waals surface area contributed by atoms with E-state index in [0.717, 1.165) is 23.7 Å². The van der Waals surface area contributed by atoms with Crippen LogP contribution >= 0.6 is 11.6 Å². The second-order valence-corrected chi connectivity index (χ2v) is 8.43. The molecule has 2 aromatic carbocycles. The smallest absolute Gasteiger partial charge is 0.219 e. The van der Waals surface area contributed by atoms with Crippen molar-refractivity contribution in [2.45, 2.75) is 59.4 Å². The van der Waals surface area contributed by atoms with Crippen LogP contribution in [0.4, 0.5) is 5.69 Å². The quantitative estimate of drug-likeness (QED) is 0.333. The number of carbonyl (C=O) groups excluding carboxylic acids is 1. The molecule has 162 valence electrons. The van der Waals surface area contributed by atoms with Gasteiger partial charge >= 0.3 is 0 Å². The van der Waals surface area contributed by atoms with Gasteiger partial charge in [0.15, 0.2) is 0 Å². The van der Waals surface area contributed by atoms with E-state index < -0.39 is 0 Å². The number of aryl methyl sites for hydroxylation is 1. The highest BCUT2D eigenvalue weighted by Crippen LogP contribution is 2.27. The summed E-state index contributed by atoms with van der Waals surface area (Å²) in [5.74, 6) is -0.250. The summed E-state index contributed by atoms with van der Waals surface area (Å²) in [4.78, 5) is 9.92. The molecule has 0 aliphatic rings. The number of halogens is 1. The zero-order valence-corrected chi connectivity index (χ0v) is 19.1. The van der Waals surface area contributed by atoms with Gasteiger partial charge in [-0.2, -0.15) is 0 Å². The van der Waals surface area contributed by atoms with Gasteiger partial charge in [-0.25, -0.2) is 0 Å². The van der Waals surface area contributed by atoms with E-state index in [2.05, 4.69) is 41.8 Å². The maximum Gasteiger partial charge on any atom is 0.219 e. The first-order chi connectivity index (χ1) is 14.3. The molecule has 0 aliphatic carbocycles. The number of primary amides is 1. The lowest BCUT2D eigenvalue weighted by molar-refractivity contribution is -0.120. The minimum atomic E-state index is -0.241. The van der Waals surface area contributed by atoms with E-state index in [1.165, 1.54) is 47.8 Å². The lowest BCUT2D eigenvalue weighted by Crippen LogP contribution is -2.17. The van der Waals surface area contributed by atoms with Gasteiger partial charge in [-0.15, -0.1) is 0 Å². The molecule has 0 unspecified atom stereocenters. The summed E-state index contributed by atoms with van der Waals surface area (Å²) in [5.41, 5.74) is 15.6. The average Bonchev–Trinajstić information content (AvgIpc) is 3.03. The van der Waals surface area contributed by atoms with Gasteiger partial charge in [0.1, 0.15) is 0 Å². The number of nitrogen functional groups attached to an aromatic ring is 1. The zero-order chi connectivity index (χ0) is 22.1. The molecule has 1 amide bonds. The number of aromatic nitrogens is 1. The highest BCUT2D eigenvalue weighted by molar-refractivity contribution is 6.31. The molecule has 5 heteroatoms. The Balaban J connectivity index is 0.000000469. The van der Waals surface area contributed by atoms with Crippen LogP contribution in [0.1, 0.15) is 57.7 Å². The van der Waals surface area contributed by atoms with Crippen LogP contribution in [0.5, 0.6) is 0 Å². The maximum absolute atomic E-state index is 9.92. The zero-order valence-electron chi connectivity index (χ0n) is 18.3. The first-order valence-corrected chi connectivity index (χ1v) is 11.1. The van der Waals surface area contributed by atoms with Crippen LogP contribution in [-0.4, -0.2) is 10.5 Å². The van der Waals surface area contributed by atoms with Crippen LogP contribution in [0.3, 0.4) is 0 Å². The highest BCUT2D eigenvalue weighted by atomic mass is 35.5. The first kappa shape index (κ1) is 23.8. The van der Waals surface area contributed by atoms with Gasteiger partial charge in [0, 0.05) is 39.8 Å². The van der Waals surface area contributed by atoms with Gasteiger partial charge in [0.25, 0.3) is 0 Å². The molecule has 0 aliphatic heterocycles. The molecule has 4 N–H and O–H groups in total. The van der Waals surface area contributed by atoms with Gasteiger partial charge in [-0.1, -0.05) is 69.8 Å². The number of rotatable bonds is 8. The molecule has 0 atom stereocenters. The molecule has 3 aromatic rings. The topological polar surface area (TPSA) is 74.0 Å². The maximum atomic E-state index is 9.92. The van der Waals surface area contributed by atoms with Crippen molar-refractivity contribution in [3.05, 3.63) is 64.8 Å². The third-order valence-corrected chi connectivity index (χ3v) is 5.42. The number of para-hydroxylation sites is 1. The largest absolute Gasteiger partial charge is 0.398 e. The minimum absolute atomic E-state index is 0.00926. The van der Waals surface area contributed by atoms with Gasteiger partial charge in [-0.05, 0) is 48.7 Å². The monoisotopic (exact) mass is 427 g/mol. The Morgan fingerprint density at radius 2 is 1.77 bits per heavy atom. The van der Waals surface area contributed by atoms with Crippen molar-refractivity contribution in [3.63, 3.8) is 0 Å². The summed E-state index contributed by atoms with van der Waals surface area (Å²) in [5, 5.41) is 2.00. The average molecular weight is 428 g/mol. The van der Waals surface area contributed by atoms with Crippen LogP contribution in [0.15, 0.2) is 48.5 Å². The number of unbranched alkanes of at least 4 members (excludes halogenated alkanes) is 3. The van der Waals surface area contributed by atoms with Gasteiger partial charge in [0.05, 0.1) is 0 Å². The molecule has 0 saturated carbocycles. The minimum Gasteiger partial charge on any atom is -0.398 e. The third-order valence-electron chi connectivity index (χ3n) is 5.19. The van der Waals surface area contributed by atoms with Crippen molar-refractivity contribution in [1.82, 2.24) is 4.57 Å². The fourth-order valence-corrected chi connectivity index (χ4v) is 3.45. The molecular weight excluding hydrogens is 394 g/mol. The number of nitrogens with zero attached hydrogens (tertiary/aromatic N) is 1. The third kappa shape index (κ3) is 6.81. The molecule has 0 fully saturated rings. The number of benzene rings is 2. The molecule has 0 spiro atoms. The summed E-state index contributed by atoms with van der Waals surface area (Å²) < 4.78 is 2.39. The van der Waals surface area contributed by atoms with Crippen LogP contribution in [0.2, 0.25) is 5.02 Å². The van der Waals surface area contributed by atoms with E-state index >= 15 is 0 Å². The van der Waals surface area contributed by atoms with Gasteiger partial charge in [-0.3, -0.25) is 4.79 Å². The highest BCUT2D eigenvalue weighted by Gasteiger charge is 2.11. The van der Waals surface area contributed by atoms with E-state index in [9.17, 15) is 4.79 Å². The Morgan fingerprint density at radius 3 is 2.40 bits per heavy atom. The van der Waals surface area contributed by atoms with Gasteiger partial charge < -0.3 is 16.0 Å². The van der Waals surface area contributed by atoms with Gasteiger partial charge in [0.2, 0.25) is 5.91 Å². The van der Waals surface area contributed by atoms with E-state index in [-0.39, 0.29) is 11.8 Å². The molecule has 4 nitrogen and oxygen atoms in total. The Kier molecular flexibility index (Phi) is 9.25. The molecule has 30 heavy (non-hydrogen) atoms. The number of hydrogen-bond donors (Lipinski definition) is 2. The molecular formula is C25H34ClN3O. The summed E-state index contributed by atoms with van der Waals surface area (Å²) in [6, 6.07) is 16.5. The Labute approximate surface area is 185 Å². The number of amides is 1. The standard InChI is InChI=1S/C21H25ClN2.C4H9NO/c1-2-3-4-5-9-19-14-17-13-18(22)11-12-21(17)24(19)15-16-8-6-7-10-20(16)23;1-3(2)4(5)6/h6-8,10-14H,2-5,9,15,23H2,1H3;3H,1-2H3,(H2,5,6). The van der Waals surface area contributed by atoms with E-state index in [1.807, 2.05) is 18.2 Å². The lowest BCUT2D eigenvalue weighted by Gasteiger charge is -2.13. The number of fused-ring (bicyclic) bond motifs is 1.